The van der Waals surface area contributed by atoms with Crippen LogP contribution in [0.5, 0.6) is 5.75 Å². The van der Waals surface area contributed by atoms with Crippen LogP contribution in [0.3, 0.4) is 0 Å². The molecule has 0 aromatic heterocycles. The van der Waals surface area contributed by atoms with Gasteiger partial charge in [-0.15, -0.1) is 24.0 Å². The van der Waals surface area contributed by atoms with Crippen LogP contribution >= 0.6 is 24.0 Å². The number of aliphatic imine (C=N–C) groups is 1. The second-order valence-electron chi connectivity index (χ2n) is 7.71. The molecule has 3 rings (SSSR count). The van der Waals surface area contributed by atoms with Crippen LogP contribution in [0.4, 0.5) is 0 Å². The van der Waals surface area contributed by atoms with Gasteiger partial charge in [0.1, 0.15) is 5.75 Å². The van der Waals surface area contributed by atoms with Gasteiger partial charge in [0.05, 0.1) is 19.7 Å². The lowest BCUT2D eigenvalue weighted by Crippen LogP contribution is -2.42. The van der Waals surface area contributed by atoms with Crippen molar-refractivity contribution in [3.63, 3.8) is 0 Å². The Morgan fingerprint density at radius 3 is 2.53 bits per heavy atom. The Labute approximate surface area is 197 Å². The van der Waals surface area contributed by atoms with Gasteiger partial charge in [-0.25, -0.2) is 0 Å². The van der Waals surface area contributed by atoms with E-state index in [1.165, 1.54) is 18.4 Å². The predicted molar refractivity (Wildman–Crippen MR) is 132 cm³/mol. The first-order valence-electron chi connectivity index (χ1n) is 10.9. The van der Waals surface area contributed by atoms with Crippen molar-refractivity contribution in [1.82, 2.24) is 20.9 Å². The van der Waals surface area contributed by atoms with E-state index in [1.54, 1.807) is 7.11 Å². The number of nitrogens with one attached hydrogen (secondary N) is 3. The van der Waals surface area contributed by atoms with Crippen LogP contribution in [0, 0.1) is 5.92 Å². The molecule has 0 bridgehead atoms. The summed E-state index contributed by atoms with van der Waals surface area (Å²) in [6, 6.07) is 8.43. The van der Waals surface area contributed by atoms with Gasteiger partial charge in [0.2, 0.25) is 5.91 Å². The minimum absolute atomic E-state index is 0. The molecule has 168 valence electrons. The number of likely N-dealkylation sites (tertiary alicyclic amines) is 1. The zero-order chi connectivity index (χ0) is 20.5. The average molecular weight is 529 g/mol. The zero-order valence-corrected chi connectivity index (χ0v) is 20.5. The first kappa shape index (κ1) is 24.7. The smallest absolute Gasteiger partial charge is 0.223 e. The quantitative estimate of drug-likeness (QED) is 0.188. The molecule has 2 fully saturated rings. The molecular weight excluding hydrogens is 493 g/mol. The number of rotatable bonds is 10. The number of carbonyl (C=O) groups excluding carboxylic acids is 1. The van der Waals surface area contributed by atoms with Crippen molar-refractivity contribution in [2.24, 2.45) is 10.9 Å². The lowest BCUT2D eigenvalue weighted by atomic mass is 10.0. The molecule has 1 saturated carbocycles. The molecule has 1 aliphatic carbocycles. The molecule has 1 aromatic rings. The van der Waals surface area contributed by atoms with Gasteiger partial charge in [-0.05, 0) is 51.8 Å². The summed E-state index contributed by atoms with van der Waals surface area (Å²) in [5, 5.41) is 9.63. The number of halogens is 1. The SMILES string of the molecule is CCNC(=NCC(c1ccccc1OC)N1CCCC1)NCCNC(=O)C1CC1.I. The Hall–Kier alpha value is -1.55. The molecule has 0 radical (unpaired) electrons. The van der Waals surface area contributed by atoms with Gasteiger partial charge in [0, 0.05) is 31.1 Å². The molecule has 1 aromatic carbocycles. The van der Waals surface area contributed by atoms with E-state index in [-0.39, 0.29) is 41.8 Å². The Bertz CT molecular complexity index is 690. The van der Waals surface area contributed by atoms with Gasteiger partial charge >= 0.3 is 0 Å². The molecule has 0 spiro atoms. The molecule has 30 heavy (non-hydrogen) atoms. The third-order valence-corrected chi connectivity index (χ3v) is 5.51. The van der Waals surface area contributed by atoms with Gasteiger partial charge in [0.15, 0.2) is 5.96 Å². The van der Waals surface area contributed by atoms with Crippen LogP contribution < -0.4 is 20.7 Å². The number of nitrogens with zero attached hydrogens (tertiary/aromatic N) is 2. The molecule has 1 atom stereocenters. The summed E-state index contributed by atoms with van der Waals surface area (Å²) in [6.07, 6.45) is 4.52. The highest BCUT2D eigenvalue weighted by Gasteiger charge is 2.29. The number of guanidine groups is 1. The highest BCUT2D eigenvalue weighted by molar-refractivity contribution is 14.0. The largest absolute Gasteiger partial charge is 0.496 e. The second-order valence-corrected chi connectivity index (χ2v) is 7.71. The van der Waals surface area contributed by atoms with Gasteiger partial charge in [0.25, 0.3) is 0 Å². The van der Waals surface area contributed by atoms with Crippen LogP contribution in [0.1, 0.15) is 44.2 Å². The molecule has 1 unspecified atom stereocenters. The molecule has 8 heteroatoms. The standard InChI is InChI=1S/C22H35N5O2.HI/c1-3-23-22(25-13-12-24-21(28)17-10-11-17)26-16-19(27-14-6-7-15-27)18-8-4-5-9-20(18)29-2;/h4-5,8-9,17,19H,3,6-7,10-16H2,1-2H3,(H,24,28)(H2,23,25,26);1H. The number of benzene rings is 1. The molecule has 2 aliphatic rings. The maximum Gasteiger partial charge on any atom is 0.223 e. The summed E-state index contributed by atoms with van der Waals surface area (Å²) in [6.45, 7) is 6.97. The van der Waals surface area contributed by atoms with E-state index in [4.69, 9.17) is 9.73 Å². The van der Waals surface area contributed by atoms with Gasteiger partial charge in [-0.1, -0.05) is 18.2 Å². The monoisotopic (exact) mass is 529 g/mol. The molecule has 7 nitrogen and oxygen atoms in total. The van der Waals surface area contributed by atoms with Crippen molar-refractivity contribution in [3.8, 4) is 5.75 Å². The number of hydrogen-bond acceptors (Lipinski definition) is 4. The Morgan fingerprint density at radius 1 is 1.17 bits per heavy atom. The van der Waals surface area contributed by atoms with Crippen LogP contribution in [0.15, 0.2) is 29.3 Å². The summed E-state index contributed by atoms with van der Waals surface area (Å²) in [7, 11) is 1.73. The number of amides is 1. The number of carbonyl (C=O) groups is 1. The van der Waals surface area contributed by atoms with Crippen molar-refractivity contribution in [2.75, 3.05) is 46.4 Å². The Kier molecular flexibility index (Phi) is 10.7. The highest BCUT2D eigenvalue weighted by Crippen LogP contribution is 2.32. The van der Waals surface area contributed by atoms with E-state index < -0.39 is 0 Å². The van der Waals surface area contributed by atoms with E-state index in [1.807, 2.05) is 12.1 Å². The maximum atomic E-state index is 11.8. The van der Waals surface area contributed by atoms with E-state index >= 15 is 0 Å². The van der Waals surface area contributed by atoms with Crippen molar-refractivity contribution < 1.29 is 9.53 Å². The van der Waals surface area contributed by atoms with E-state index in [0.717, 1.165) is 44.2 Å². The predicted octanol–water partition coefficient (Wildman–Crippen LogP) is 2.53. The molecule has 1 heterocycles. The Morgan fingerprint density at radius 2 is 1.87 bits per heavy atom. The number of ether oxygens (including phenoxy) is 1. The van der Waals surface area contributed by atoms with E-state index in [0.29, 0.717) is 19.6 Å². The van der Waals surface area contributed by atoms with Gasteiger partial charge < -0.3 is 20.7 Å². The molecular formula is C22H36IN5O2. The summed E-state index contributed by atoms with van der Waals surface area (Å²) < 4.78 is 5.62. The van der Waals surface area contributed by atoms with Crippen molar-refractivity contribution >= 4 is 35.8 Å². The maximum absolute atomic E-state index is 11.8. The van der Waals surface area contributed by atoms with Crippen LogP contribution in [-0.4, -0.2) is 63.1 Å². The highest BCUT2D eigenvalue weighted by atomic mass is 127. The number of hydrogen-bond donors (Lipinski definition) is 3. The Balaban J connectivity index is 0.00000320. The van der Waals surface area contributed by atoms with Gasteiger partial charge in [-0.3, -0.25) is 14.7 Å². The molecule has 1 aliphatic heterocycles. The van der Waals surface area contributed by atoms with Crippen molar-refractivity contribution in [1.29, 1.82) is 0 Å². The fourth-order valence-electron chi connectivity index (χ4n) is 3.78. The number of methoxy groups -OCH3 is 1. The topological polar surface area (TPSA) is 78.0 Å². The van der Waals surface area contributed by atoms with E-state index in [2.05, 4.69) is 39.9 Å². The first-order chi connectivity index (χ1) is 14.2. The minimum Gasteiger partial charge on any atom is -0.496 e. The lowest BCUT2D eigenvalue weighted by molar-refractivity contribution is -0.122. The molecule has 1 saturated heterocycles. The average Bonchev–Trinajstić information content (AvgIpc) is 3.47. The normalized spacial score (nSPS) is 17.7. The van der Waals surface area contributed by atoms with Crippen LogP contribution in [0.25, 0.3) is 0 Å². The third kappa shape index (κ3) is 7.30. The third-order valence-electron chi connectivity index (χ3n) is 5.51. The summed E-state index contributed by atoms with van der Waals surface area (Å²) in [4.78, 5) is 19.1. The first-order valence-corrected chi connectivity index (χ1v) is 10.9. The van der Waals surface area contributed by atoms with Crippen LogP contribution in [-0.2, 0) is 4.79 Å². The van der Waals surface area contributed by atoms with Crippen LogP contribution in [0.2, 0.25) is 0 Å². The molecule has 1 amide bonds. The van der Waals surface area contributed by atoms with E-state index in [9.17, 15) is 4.79 Å². The second kappa shape index (κ2) is 13.0. The van der Waals surface area contributed by atoms with Gasteiger partial charge in [-0.2, -0.15) is 0 Å². The minimum atomic E-state index is 0. The number of para-hydroxylation sites is 1. The molecule has 3 N–H and O–H groups in total. The summed E-state index contributed by atoms with van der Waals surface area (Å²) in [5.41, 5.74) is 1.19. The van der Waals surface area contributed by atoms with Crippen molar-refractivity contribution in [3.05, 3.63) is 29.8 Å². The fraction of sp³-hybridized carbons (Fsp3) is 0.636. The van der Waals surface area contributed by atoms with Crippen molar-refractivity contribution in [2.45, 2.75) is 38.6 Å². The summed E-state index contributed by atoms with van der Waals surface area (Å²) >= 11 is 0. The summed E-state index contributed by atoms with van der Waals surface area (Å²) in [5.74, 6) is 2.13. The zero-order valence-electron chi connectivity index (χ0n) is 18.2. The lowest BCUT2D eigenvalue weighted by Gasteiger charge is -2.28. The fourth-order valence-corrected chi connectivity index (χ4v) is 3.78.